The molecule has 0 aliphatic carbocycles. The summed E-state index contributed by atoms with van der Waals surface area (Å²) in [6.45, 7) is 4.97. The van der Waals surface area contributed by atoms with Crippen molar-refractivity contribution in [2.45, 2.75) is 32.9 Å². The minimum Gasteiger partial charge on any atom is -0.469 e. The molecule has 0 radical (unpaired) electrons. The van der Waals surface area contributed by atoms with Gasteiger partial charge in [0.15, 0.2) is 5.82 Å². The second-order valence-electron chi connectivity index (χ2n) is 4.56. The predicted octanol–water partition coefficient (Wildman–Crippen LogP) is 2.23. The highest BCUT2D eigenvalue weighted by molar-refractivity contribution is 5.45. The van der Waals surface area contributed by atoms with E-state index in [1.54, 1.807) is 12.3 Å². The molecule has 0 aliphatic rings. The van der Waals surface area contributed by atoms with Crippen LogP contribution in [0.4, 0.5) is 11.6 Å². The number of hydrogen-bond acceptors (Lipinski definition) is 6. The summed E-state index contributed by atoms with van der Waals surface area (Å²) in [4.78, 5) is 8.52. The monoisotopic (exact) mass is 276 g/mol. The second kappa shape index (κ2) is 6.91. The quantitative estimate of drug-likeness (QED) is 0.806. The number of furan rings is 1. The van der Waals surface area contributed by atoms with Gasteiger partial charge in [0.1, 0.15) is 24.0 Å². The second-order valence-corrected chi connectivity index (χ2v) is 4.56. The van der Waals surface area contributed by atoms with Crippen molar-refractivity contribution < 1.29 is 9.15 Å². The van der Waals surface area contributed by atoms with Crippen molar-refractivity contribution in [2.24, 2.45) is 0 Å². The summed E-state index contributed by atoms with van der Waals surface area (Å²) in [5.41, 5.74) is 5.78. The SMILES string of the molecule is CCOCc1nc(N)cc(NC(C)Cc2ccco2)n1. The van der Waals surface area contributed by atoms with Gasteiger partial charge in [0, 0.05) is 25.1 Å². The fraction of sp³-hybridized carbons (Fsp3) is 0.429. The molecule has 0 fully saturated rings. The number of nitrogen functional groups attached to an aromatic ring is 1. The van der Waals surface area contributed by atoms with Gasteiger partial charge in [-0.05, 0) is 26.0 Å². The summed E-state index contributed by atoms with van der Waals surface area (Å²) >= 11 is 0. The molecule has 20 heavy (non-hydrogen) atoms. The Morgan fingerprint density at radius 1 is 1.45 bits per heavy atom. The maximum atomic E-state index is 5.78. The highest BCUT2D eigenvalue weighted by atomic mass is 16.5. The van der Waals surface area contributed by atoms with Crippen LogP contribution in [0.15, 0.2) is 28.9 Å². The van der Waals surface area contributed by atoms with Gasteiger partial charge in [0.05, 0.1) is 6.26 Å². The normalized spacial score (nSPS) is 12.3. The minimum atomic E-state index is 0.176. The third-order valence-electron chi connectivity index (χ3n) is 2.71. The number of ether oxygens (including phenoxy) is 1. The number of nitrogens with one attached hydrogen (secondary N) is 1. The topological polar surface area (TPSA) is 86.2 Å². The third-order valence-corrected chi connectivity index (χ3v) is 2.71. The van der Waals surface area contributed by atoms with E-state index in [0.717, 1.165) is 12.2 Å². The van der Waals surface area contributed by atoms with E-state index in [0.29, 0.717) is 30.7 Å². The van der Waals surface area contributed by atoms with Gasteiger partial charge in [0.2, 0.25) is 0 Å². The Bertz CT molecular complexity index is 528. The zero-order valence-corrected chi connectivity index (χ0v) is 11.8. The Kier molecular flexibility index (Phi) is 4.95. The lowest BCUT2D eigenvalue weighted by molar-refractivity contribution is 0.128. The van der Waals surface area contributed by atoms with Gasteiger partial charge in [-0.15, -0.1) is 0 Å². The lowest BCUT2D eigenvalue weighted by Gasteiger charge is -2.14. The molecule has 3 N–H and O–H groups in total. The number of rotatable bonds is 7. The van der Waals surface area contributed by atoms with Crippen molar-refractivity contribution in [2.75, 3.05) is 17.7 Å². The van der Waals surface area contributed by atoms with Gasteiger partial charge in [-0.2, -0.15) is 0 Å². The van der Waals surface area contributed by atoms with Crippen LogP contribution >= 0.6 is 0 Å². The minimum absolute atomic E-state index is 0.176. The number of nitrogens with two attached hydrogens (primary N) is 1. The van der Waals surface area contributed by atoms with Crippen LogP contribution in [0.2, 0.25) is 0 Å². The molecule has 108 valence electrons. The fourth-order valence-electron chi connectivity index (χ4n) is 1.88. The van der Waals surface area contributed by atoms with E-state index in [4.69, 9.17) is 14.9 Å². The van der Waals surface area contributed by atoms with Crippen LogP contribution in [0.3, 0.4) is 0 Å². The maximum absolute atomic E-state index is 5.78. The van der Waals surface area contributed by atoms with Crippen molar-refractivity contribution in [3.63, 3.8) is 0 Å². The van der Waals surface area contributed by atoms with E-state index >= 15 is 0 Å². The first-order valence-electron chi connectivity index (χ1n) is 6.67. The highest BCUT2D eigenvalue weighted by Crippen LogP contribution is 2.12. The van der Waals surface area contributed by atoms with Crippen molar-refractivity contribution in [1.82, 2.24) is 9.97 Å². The zero-order valence-electron chi connectivity index (χ0n) is 11.8. The molecular weight excluding hydrogens is 256 g/mol. The van der Waals surface area contributed by atoms with Gasteiger partial charge in [-0.3, -0.25) is 0 Å². The Morgan fingerprint density at radius 2 is 2.30 bits per heavy atom. The maximum Gasteiger partial charge on any atom is 0.158 e. The van der Waals surface area contributed by atoms with Crippen LogP contribution in [0.1, 0.15) is 25.4 Å². The molecule has 6 heteroatoms. The Balaban J connectivity index is 1.98. The molecule has 0 aliphatic heterocycles. The Labute approximate surface area is 118 Å². The van der Waals surface area contributed by atoms with Crippen LogP contribution in [-0.2, 0) is 17.8 Å². The van der Waals surface area contributed by atoms with Crippen LogP contribution in [0, 0.1) is 0 Å². The lowest BCUT2D eigenvalue weighted by Crippen LogP contribution is -2.19. The van der Waals surface area contributed by atoms with Crippen LogP contribution in [0.5, 0.6) is 0 Å². The van der Waals surface area contributed by atoms with E-state index in [9.17, 15) is 0 Å². The fourth-order valence-corrected chi connectivity index (χ4v) is 1.88. The number of anilines is 2. The number of hydrogen-bond donors (Lipinski definition) is 2. The number of nitrogens with zero attached hydrogens (tertiary/aromatic N) is 2. The molecule has 0 saturated carbocycles. The van der Waals surface area contributed by atoms with Crippen molar-refractivity contribution in [3.05, 3.63) is 36.0 Å². The van der Waals surface area contributed by atoms with E-state index in [2.05, 4.69) is 22.2 Å². The van der Waals surface area contributed by atoms with Gasteiger partial charge < -0.3 is 20.2 Å². The summed E-state index contributed by atoms with van der Waals surface area (Å²) in [6.07, 6.45) is 2.45. The van der Waals surface area contributed by atoms with Crippen LogP contribution < -0.4 is 11.1 Å². The van der Waals surface area contributed by atoms with E-state index in [1.165, 1.54) is 0 Å². The van der Waals surface area contributed by atoms with Gasteiger partial charge in [0.25, 0.3) is 0 Å². The largest absolute Gasteiger partial charge is 0.469 e. The number of aromatic nitrogens is 2. The molecule has 2 aromatic rings. The summed E-state index contributed by atoms with van der Waals surface area (Å²) in [6, 6.07) is 5.72. The first kappa shape index (κ1) is 14.3. The first-order valence-corrected chi connectivity index (χ1v) is 6.67. The molecule has 0 spiro atoms. The molecule has 0 amide bonds. The van der Waals surface area contributed by atoms with Gasteiger partial charge in [-0.1, -0.05) is 0 Å². The van der Waals surface area contributed by atoms with Crippen molar-refractivity contribution in [1.29, 1.82) is 0 Å². The van der Waals surface area contributed by atoms with Crippen molar-refractivity contribution in [3.8, 4) is 0 Å². The molecule has 0 saturated heterocycles. The van der Waals surface area contributed by atoms with E-state index in [-0.39, 0.29) is 6.04 Å². The average molecular weight is 276 g/mol. The Morgan fingerprint density at radius 3 is 3.00 bits per heavy atom. The molecule has 2 aromatic heterocycles. The van der Waals surface area contributed by atoms with E-state index in [1.807, 2.05) is 19.1 Å². The predicted molar refractivity (Wildman–Crippen MR) is 77.3 cm³/mol. The van der Waals surface area contributed by atoms with Crippen LogP contribution in [-0.4, -0.2) is 22.6 Å². The first-order chi connectivity index (χ1) is 9.67. The summed E-state index contributed by atoms with van der Waals surface area (Å²) < 4.78 is 10.6. The summed E-state index contributed by atoms with van der Waals surface area (Å²) in [5.74, 6) is 2.65. The standard InChI is InChI=1S/C14H20N4O2/c1-3-19-9-14-17-12(15)8-13(18-14)16-10(2)7-11-5-4-6-20-11/h4-6,8,10H,3,7,9H2,1-2H3,(H3,15,16,17,18). The zero-order chi connectivity index (χ0) is 14.4. The third kappa shape index (κ3) is 4.24. The smallest absolute Gasteiger partial charge is 0.158 e. The lowest BCUT2D eigenvalue weighted by atomic mass is 10.2. The van der Waals surface area contributed by atoms with Gasteiger partial charge >= 0.3 is 0 Å². The molecule has 2 heterocycles. The van der Waals surface area contributed by atoms with Crippen molar-refractivity contribution >= 4 is 11.6 Å². The molecule has 1 atom stereocenters. The highest BCUT2D eigenvalue weighted by Gasteiger charge is 2.08. The average Bonchev–Trinajstić information content (AvgIpc) is 2.88. The van der Waals surface area contributed by atoms with Crippen LogP contribution in [0.25, 0.3) is 0 Å². The van der Waals surface area contributed by atoms with Gasteiger partial charge in [-0.25, -0.2) is 9.97 Å². The molecule has 1 unspecified atom stereocenters. The molecule has 2 rings (SSSR count). The summed E-state index contributed by atoms with van der Waals surface area (Å²) in [7, 11) is 0. The molecule has 6 nitrogen and oxygen atoms in total. The van der Waals surface area contributed by atoms with E-state index < -0.39 is 0 Å². The Hall–Kier alpha value is -2.08. The summed E-state index contributed by atoms with van der Waals surface area (Å²) in [5, 5.41) is 3.29. The molecule has 0 bridgehead atoms. The molecule has 0 aromatic carbocycles. The molecular formula is C14H20N4O2.